The summed E-state index contributed by atoms with van der Waals surface area (Å²) in [6.07, 6.45) is 8.53. The standard InChI is InChI=1S/C26H45N3O2/c1-15-8-16(2)10-19(9-15)25(30)28-21-7-6-17(3)22(13-21)23-12-20-14-27-18(4)11-24(20)29(5)26(23)31/h15-24,27H,6-14H2,1-5H3,(H,28,30). The van der Waals surface area contributed by atoms with Gasteiger partial charge in [0, 0.05) is 43.6 Å². The lowest BCUT2D eigenvalue weighted by molar-refractivity contribution is -0.148. The first kappa shape index (κ1) is 23.1. The number of nitrogens with one attached hydrogen (secondary N) is 2. The quantitative estimate of drug-likeness (QED) is 0.714. The van der Waals surface area contributed by atoms with Crippen LogP contribution in [-0.2, 0) is 9.59 Å². The lowest BCUT2D eigenvalue weighted by Gasteiger charge is -2.50. The van der Waals surface area contributed by atoms with E-state index >= 15 is 0 Å². The number of carbonyl (C=O) groups excluding carboxylic acids is 2. The van der Waals surface area contributed by atoms with Crippen molar-refractivity contribution in [3.05, 3.63) is 0 Å². The number of carbonyl (C=O) groups is 2. The smallest absolute Gasteiger partial charge is 0.225 e. The van der Waals surface area contributed by atoms with Gasteiger partial charge in [-0.1, -0.05) is 20.8 Å². The second kappa shape index (κ2) is 9.41. The highest BCUT2D eigenvalue weighted by atomic mass is 16.2. The minimum absolute atomic E-state index is 0.117. The number of rotatable bonds is 3. The van der Waals surface area contributed by atoms with Crippen molar-refractivity contribution in [3.63, 3.8) is 0 Å². The van der Waals surface area contributed by atoms with Gasteiger partial charge in [-0.25, -0.2) is 0 Å². The summed E-state index contributed by atoms with van der Waals surface area (Å²) in [5.41, 5.74) is 0. The SMILES string of the molecule is CC1CC(C)CC(C(=O)NC2CCC(C)C(C3CC4CNC(C)CC4N(C)C3=O)C2)C1. The summed E-state index contributed by atoms with van der Waals surface area (Å²) in [7, 11) is 2.03. The van der Waals surface area contributed by atoms with Crippen molar-refractivity contribution < 1.29 is 9.59 Å². The van der Waals surface area contributed by atoms with Crippen LogP contribution in [0.2, 0.25) is 0 Å². The predicted molar refractivity (Wildman–Crippen MR) is 124 cm³/mol. The molecular formula is C26H45N3O2. The fourth-order valence-electron chi connectivity index (χ4n) is 7.58. The molecule has 2 saturated heterocycles. The summed E-state index contributed by atoms with van der Waals surface area (Å²) in [4.78, 5) is 28.5. The summed E-state index contributed by atoms with van der Waals surface area (Å²) < 4.78 is 0. The molecule has 176 valence electrons. The zero-order valence-electron chi connectivity index (χ0n) is 20.4. The molecule has 0 aromatic carbocycles. The number of amides is 2. The highest BCUT2D eigenvalue weighted by molar-refractivity contribution is 5.80. The van der Waals surface area contributed by atoms with Crippen LogP contribution in [0.3, 0.4) is 0 Å². The molecule has 4 rings (SSSR count). The molecule has 2 amide bonds. The molecule has 9 unspecified atom stereocenters. The Morgan fingerprint density at radius 1 is 0.968 bits per heavy atom. The van der Waals surface area contributed by atoms with E-state index in [1.165, 1.54) is 6.42 Å². The van der Waals surface area contributed by atoms with Gasteiger partial charge >= 0.3 is 0 Å². The van der Waals surface area contributed by atoms with Crippen molar-refractivity contribution in [1.29, 1.82) is 0 Å². The van der Waals surface area contributed by atoms with E-state index in [0.717, 1.165) is 51.5 Å². The van der Waals surface area contributed by atoms with Crippen LogP contribution in [-0.4, -0.2) is 48.4 Å². The third-order valence-corrected chi connectivity index (χ3v) is 9.26. The van der Waals surface area contributed by atoms with Crippen molar-refractivity contribution in [2.24, 2.45) is 41.4 Å². The molecule has 4 fully saturated rings. The van der Waals surface area contributed by atoms with E-state index in [0.29, 0.717) is 47.6 Å². The van der Waals surface area contributed by atoms with E-state index < -0.39 is 0 Å². The second-order valence-corrected chi connectivity index (χ2v) is 11.9. The van der Waals surface area contributed by atoms with Gasteiger partial charge in [0.2, 0.25) is 11.8 Å². The van der Waals surface area contributed by atoms with Gasteiger partial charge in [0.15, 0.2) is 0 Å². The lowest BCUT2D eigenvalue weighted by atomic mass is 9.65. The first-order chi connectivity index (χ1) is 14.7. The average Bonchev–Trinajstić information content (AvgIpc) is 2.72. The molecule has 2 aliphatic heterocycles. The van der Waals surface area contributed by atoms with Gasteiger partial charge in [-0.05, 0) is 87.9 Å². The number of likely N-dealkylation sites (tertiary alicyclic amines) is 1. The molecule has 0 aromatic heterocycles. The number of hydrogen-bond acceptors (Lipinski definition) is 3. The van der Waals surface area contributed by atoms with Crippen molar-refractivity contribution in [2.75, 3.05) is 13.6 Å². The maximum absolute atomic E-state index is 13.4. The summed E-state index contributed by atoms with van der Waals surface area (Å²) in [5, 5.41) is 7.07. The van der Waals surface area contributed by atoms with E-state index in [2.05, 4.69) is 43.2 Å². The van der Waals surface area contributed by atoms with Crippen LogP contribution in [0.4, 0.5) is 0 Å². The molecule has 5 heteroatoms. The van der Waals surface area contributed by atoms with Crippen LogP contribution in [0.15, 0.2) is 0 Å². The van der Waals surface area contributed by atoms with E-state index in [-0.39, 0.29) is 23.8 Å². The summed E-state index contributed by atoms with van der Waals surface area (Å²) in [6.45, 7) is 10.2. The molecule has 0 radical (unpaired) electrons. The zero-order chi connectivity index (χ0) is 22.3. The summed E-state index contributed by atoms with van der Waals surface area (Å²) in [6, 6.07) is 1.12. The Balaban J connectivity index is 1.39. The molecule has 2 aliphatic carbocycles. The maximum atomic E-state index is 13.4. The van der Waals surface area contributed by atoms with Gasteiger partial charge in [-0.15, -0.1) is 0 Å². The number of piperidine rings is 2. The average molecular weight is 432 g/mol. The Labute approximate surface area is 189 Å². The number of fused-ring (bicyclic) bond motifs is 1. The Morgan fingerprint density at radius 2 is 1.68 bits per heavy atom. The Bertz CT molecular complexity index is 657. The van der Waals surface area contributed by atoms with Gasteiger partial charge in [-0.2, -0.15) is 0 Å². The van der Waals surface area contributed by atoms with Gasteiger partial charge in [-0.3, -0.25) is 9.59 Å². The molecule has 4 aliphatic rings. The van der Waals surface area contributed by atoms with Crippen LogP contribution in [0, 0.1) is 41.4 Å². The van der Waals surface area contributed by atoms with Crippen molar-refractivity contribution in [1.82, 2.24) is 15.5 Å². The minimum atomic E-state index is 0.117. The van der Waals surface area contributed by atoms with Crippen LogP contribution in [0.1, 0.15) is 79.1 Å². The number of nitrogens with zero attached hydrogens (tertiary/aromatic N) is 1. The zero-order valence-corrected chi connectivity index (χ0v) is 20.4. The van der Waals surface area contributed by atoms with E-state index in [4.69, 9.17) is 0 Å². The fraction of sp³-hybridized carbons (Fsp3) is 0.923. The first-order valence-corrected chi connectivity index (χ1v) is 13.0. The molecule has 0 spiro atoms. The normalized spacial score (nSPS) is 46.4. The van der Waals surface area contributed by atoms with Crippen LogP contribution < -0.4 is 10.6 Å². The molecule has 2 heterocycles. The molecule has 2 saturated carbocycles. The largest absolute Gasteiger partial charge is 0.353 e. The van der Waals surface area contributed by atoms with Gasteiger partial charge in [0.05, 0.1) is 0 Å². The molecule has 2 N–H and O–H groups in total. The highest BCUT2D eigenvalue weighted by Crippen LogP contribution is 2.43. The third kappa shape index (κ3) is 4.96. The summed E-state index contributed by atoms with van der Waals surface area (Å²) in [5.74, 6) is 3.72. The first-order valence-electron chi connectivity index (χ1n) is 13.0. The highest BCUT2D eigenvalue weighted by Gasteiger charge is 2.47. The maximum Gasteiger partial charge on any atom is 0.225 e. The number of hydrogen-bond donors (Lipinski definition) is 2. The fourth-order valence-corrected chi connectivity index (χ4v) is 7.58. The van der Waals surface area contributed by atoms with E-state index in [1.54, 1.807) is 0 Å². The van der Waals surface area contributed by atoms with Crippen molar-refractivity contribution in [2.45, 2.75) is 97.2 Å². The molecular weight excluding hydrogens is 386 g/mol. The van der Waals surface area contributed by atoms with Gasteiger partial charge < -0.3 is 15.5 Å². The predicted octanol–water partition coefficient (Wildman–Crippen LogP) is 3.82. The van der Waals surface area contributed by atoms with Crippen LogP contribution >= 0.6 is 0 Å². The molecule has 0 bridgehead atoms. The Hall–Kier alpha value is -1.10. The van der Waals surface area contributed by atoms with Crippen LogP contribution in [0.5, 0.6) is 0 Å². The monoisotopic (exact) mass is 431 g/mol. The van der Waals surface area contributed by atoms with E-state index in [9.17, 15) is 9.59 Å². The van der Waals surface area contributed by atoms with E-state index in [1.807, 2.05) is 7.05 Å². The minimum Gasteiger partial charge on any atom is -0.353 e. The third-order valence-electron chi connectivity index (χ3n) is 9.26. The van der Waals surface area contributed by atoms with Crippen molar-refractivity contribution in [3.8, 4) is 0 Å². The molecule has 31 heavy (non-hydrogen) atoms. The molecule has 5 nitrogen and oxygen atoms in total. The molecule has 0 aromatic rings. The van der Waals surface area contributed by atoms with Crippen LogP contribution in [0.25, 0.3) is 0 Å². The second-order valence-electron chi connectivity index (χ2n) is 11.9. The van der Waals surface area contributed by atoms with Gasteiger partial charge in [0.1, 0.15) is 0 Å². The lowest BCUT2D eigenvalue weighted by Crippen LogP contribution is -2.60. The molecule has 9 atom stereocenters. The van der Waals surface area contributed by atoms with Crippen molar-refractivity contribution >= 4 is 11.8 Å². The Morgan fingerprint density at radius 3 is 2.39 bits per heavy atom. The summed E-state index contributed by atoms with van der Waals surface area (Å²) >= 11 is 0. The Kier molecular flexibility index (Phi) is 7.00. The van der Waals surface area contributed by atoms with Gasteiger partial charge in [0.25, 0.3) is 0 Å². The topological polar surface area (TPSA) is 61.4 Å².